The molecule has 0 unspecified atom stereocenters. The van der Waals surface area contributed by atoms with Gasteiger partial charge in [0, 0.05) is 13.1 Å². The molecule has 0 radical (unpaired) electrons. The van der Waals surface area contributed by atoms with Gasteiger partial charge in [0.15, 0.2) is 0 Å². The van der Waals surface area contributed by atoms with Crippen LogP contribution in [-0.4, -0.2) is 40.4 Å². The van der Waals surface area contributed by atoms with Crippen molar-refractivity contribution in [1.82, 2.24) is 4.90 Å². The molecule has 1 aromatic rings. The van der Waals surface area contributed by atoms with Crippen LogP contribution >= 0.6 is 0 Å². The molecule has 10 heteroatoms. The highest BCUT2D eigenvalue weighted by Crippen LogP contribution is 2.33. The number of carboxylic acid groups (broad SMARTS) is 1. The number of carbonyl (C=O) groups is 2. The molecule has 0 atom stereocenters. The first-order valence-electron chi connectivity index (χ1n) is 5.37. The van der Waals surface area contributed by atoms with E-state index in [2.05, 4.69) is 0 Å². The second-order valence-electron chi connectivity index (χ2n) is 4.04. The largest absolute Gasteiger partial charge is 0.480 e. The number of hydrogen-bond donors (Lipinski definition) is 1. The van der Waals surface area contributed by atoms with Crippen LogP contribution in [0, 0.1) is 10.1 Å². The van der Waals surface area contributed by atoms with Gasteiger partial charge in [-0.05, 0) is 12.1 Å². The number of amides is 1. The second-order valence-corrected chi connectivity index (χ2v) is 4.04. The average Bonchev–Trinajstić information content (AvgIpc) is 2.35. The van der Waals surface area contributed by atoms with Crippen molar-refractivity contribution in [2.75, 3.05) is 13.6 Å². The number of carboxylic acids is 1. The molecule has 0 saturated carbocycles. The highest BCUT2D eigenvalue weighted by Gasteiger charge is 2.34. The number of nitrogens with zero attached hydrogens (tertiary/aromatic N) is 2. The van der Waals surface area contributed by atoms with Crippen molar-refractivity contribution in [2.45, 2.75) is 6.18 Å². The molecule has 0 bridgehead atoms. The van der Waals surface area contributed by atoms with E-state index < -0.39 is 46.3 Å². The number of nitro benzene ring substituents is 1. The number of nitro groups is 1. The van der Waals surface area contributed by atoms with E-state index in [1.54, 1.807) is 0 Å². The summed E-state index contributed by atoms with van der Waals surface area (Å²) in [5.74, 6) is -2.42. The number of aliphatic carboxylic acids is 1. The van der Waals surface area contributed by atoms with Crippen molar-refractivity contribution in [1.29, 1.82) is 0 Å². The Morgan fingerprint density at radius 1 is 1.38 bits per heavy atom. The highest BCUT2D eigenvalue weighted by molar-refractivity contribution is 5.99. The summed E-state index contributed by atoms with van der Waals surface area (Å²) in [4.78, 5) is 32.6. The molecule has 0 spiro atoms. The zero-order chi connectivity index (χ0) is 16.4. The third-order valence-corrected chi connectivity index (χ3v) is 2.47. The fraction of sp³-hybridized carbons (Fsp3) is 0.273. The predicted molar refractivity (Wildman–Crippen MR) is 62.7 cm³/mol. The van der Waals surface area contributed by atoms with Crippen LogP contribution in [0.15, 0.2) is 18.2 Å². The minimum absolute atomic E-state index is 0.238. The van der Waals surface area contributed by atoms with Crippen LogP contribution < -0.4 is 0 Å². The summed E-state index contributed by atoms with van der Waals surface area (Å²) >= 11 is 0. The fourth-order valence-electron chi connectivity index (χ4n) is 1.52. The molecule has 1 N–H and O–H groups in total. The topological polar surface area (TPSA) is 101 Å². The zero-order valence-electron chi connectivity index (χ0n) is 10.5. The van der Waals surface area contributed by atoms with Gasteiger partial charge in [0.05, 0.1) is 10.5 Å². The second kappa shape index (κ2) is 5.77. The fourth-order valence-corrected chi connectivity index (χ4v) is 1.52. The van der Waals surface area contributed by atoms with Crippen LogP contribution in [0.4, 0.5) is 18.9 Å². The van der Waals surface area contributed by atoms with Crippen LogP contribution in [0.2, 0.25) is 0 Å². The molecule has 0 aliphatic rings. The number of rotatable bonds is 4. The first-order valence-corrected chi connectivity index (χ1v) is 5.37. The Hall–Kier alpha value is -2.65. The van der Waals surface area contributed by atoms with Crippen LogP contribution in [0.3, 0.4) is 0 Å². The number of alkyl halides is 3. The molecular weight excluding hydrogens is 297 g/mol. The van der Waals surface area contributed by atoms with Crippen molar-refractivity contribution >= 4 is 17.6 Å². The lowest BCUT2D eigenvalue weighted by atomic mass is 10.1. The Morgan fingerprint density at radius 3 is 2.38 bits per heavy atom. The number of benzene rings is 1. The van der Waals surface area contributed by atoms with Gasteiger partial charge in [-0.2, -0.15) is 13.2 Å². The van der Waals surface area contributed by atoms with Crippen molar-refractivity contribution in [3.05, 3.63) is 39.4 Å². The van der Waals surface area contributed by atoms with E-state index in [1.807, 2.05) is 0 Å². The Morgan fingerprint density at radius 2 is 1.95 bits per heavy atom. The summed E-state index contributed by atoms with van der Waals surface area (Å²) in [7, 11) is 1.07. The van der Waals surface area contributed by atoms with Gasteiger partial charge in [-0.3, -0.25) is 19.7 Å². The van der Waals surface area contributed by atoms with E-state index in [0.29, 0.717) is 17.0 Å². The number of hydrogen-bond acceptors (Lipinski definition) is 4. The first kappa shape index (κ1) is 16.4. The van der Waals surface area contributed by atoms with Crippen LogP contribution in [0.1, 0.15) is 15.9 Å². The van der Waals surface area contributed by atoms with Gasteiger partial charge in [0.1, 0.15) is 12.1 Å². The lowest BCUT2D eigenvalue weighted by molar-refractivity contribution is -0.385. The Bertz CT molecular complexity index is 600. The molecule has 7 nitrogen and oxygen atoms in total. The summed E-state index contributed by atoms with van der Waals surface area (Å²) in [6, 6.07) is 1.42. The van der Waals surface area contributed by atoms with Gasteiger partial charge in [0.25, 0.3) is 11.6 Å². The van der Waals surface area contributed by atoms with Crippen molar-refractivity contribution in [3.8, 4) is 0 Å². The SMILES string of the molecule is CN(CC(=O)O)C(=O)c1ccc(C(F)(F)F)cc1[N+](=O)[O-]. The summed E-state index contributed by atoms with van der Waals surface area (Å²) in [6.45, 7) is -0.739. The molecule has 1 rings (SSSR count). The van der Waals surface area contributed by atoms with E-state index in [4.69, 9.17) is 5.11 Å². The number of likely N-dealkylation sites (N-methyl/N-ethyl adjacent to an activating group) is 1. The standard InChI is InChI=1S/C11H9F3N2O5/c1-15(5-9(17)18)10(19)7-3-2-6(11(12,13)14)4-8(7)16(20)21/h2-4H,5H2,1H3,(H,17,18). The number of halogens is 3. The van der Waals surface area contributed by atoms with E-state index >= 15 is 0 Å². The van der Waals surface area contributed by atoms with Crippen molar-refractivity contribution < 1.29 is 32.8 Å². The zero-order valence-corrected chi connectivity index (χ0v) is 10.5. The molecule has 1 aromatic carbocycles. The van der Waals surface area contributed by atoms with Gasteiger partial charge in [-0.25, -0.2) is 0 Å². The maximum atomic E-state index is 12.5. The molecule has 0 aliphatic carbocycles. The molecule has 114 valence electrons. The predicted octanol–water partition coefficient (Wildman–Crippen LogP) is 1.77. The van der Waals surface area contributed by atoms with E-state index in [0.717, 1.165) is 7.05 Å². The molecule has 21 heavy (non-hydrogen) atoms. The van der Waals surface area contributed by atoms with Gasteiger partial charge >= 0.3 is 12.1 Å². The summed E-state index contributed by atoms with van der Waals surface area (Å²) in [5, 5.41) is 19.3. The molecule has 0 fully saturated rings. The smallest absolute Gasteiger partial charge is 0.416 e. The third-order valence-electron chi connectivity index (χ3n) is 2.47. The Balaban J connectivity index is 3.27. The monoisotopic (exact) mass is 306 g/mol. The lowest BCUT2D eigenvalue weighted by Crippen LogP contribution is -2.32. The van der Waals surface area contributed by atoms with Crippen LogP contribution in [0.25, 0.3) is 0 Å². The first-order chi connectivity index (χ1) is 9.54. The third kappa shape index (κ3) is 3.91. The van der Waals surface area contributed by atoms with Crippen molar-refractivity contribution in [2.24, 2.45) is 0 Å². The summed E-state index contributed by atoms with van der Waals surface area (Å²) in [6.07, 6.45) is -4.79. The molecule has 1 amide bonds. The maximum Gasteiger partial charge on any atom is 0.416 e. The lowest BCUT2D eigenvalue weighted by Gasteiger charge is -2.15. The Kier molecular flexibility index (Phi) is 4.51. The molecular formula is C11H9F3N2O5. The normalized spacial score (nSPS) is 11.0. The highest BCUT2D eigenvalue weighted by atomic mass is 19.4. The van der Waals surface area contributed by atoms with Gasteiger partial charge in [-0.1, -0.05) is 0 Å². The van der Waals surface area contributed by atoms with Crippen LogP contribution in [0.5, 0.6) is 0 Å². The summed E-state index contributed by atoms with van der Waals surface area (Å²) in [5.41, 5.74) is -2.92. The minimum Gasteiger partial charge on any atom is -0.480 e. The van der Waals surface area contributed by atoms with Crippen LogP contribution in [-0.2, 0) is 11.0 Å². The van der Waals surface area contributed by atoms with E-state index in [9.17, 15) is 32.9 Å². The van der Waals surface area contributed by atoms with Gasteiger partial charge < -0.3 is 10.0 Å². The Labute approximate surface area is 115 Å². The van der Waals surface area contributed by atoms with E-state index in [-0.39, 0.29) is 6.07 Å². The average molecular weight is 306 g/mol. The molecule has 0 saturated heterocycles. The molecule has 0 aromatic heterocycles. The van der Waals surface area contributed by atoms with Gasteiger partial charge in [-0.15, -0.1) is 0 Å². The minimum atomic E-state index is -4.79. The number of carbonyl (C=O) groups excluding carboxylic acids is 1. The quantitative estimate of drug-likeness (QED) is 0.675. The summed E-state index contributed by atoms with van der Waals surface area (Å²) < 4.78 is 37.5. The van der Waals surface area contributed by atoms with Gasteiger partial charge in [0.2, 0.25) is 0 Å². The maximum absolute atomic E-state index is 12.5. The molecule has 0 heterocycles. The molecule has 0 aliphatic heterocycles. The van der Waals surface area contributed by atoms with E-state index in [1.165, 1.54) is 0 Å². The van der Waals surface area contributed by atoms with Crippen molar-refractivity contribution in [3.63, 3.8) is 0 Å².